The molecular formula is C28H54. The van der Waals surface area contributed by atoms with Crippen LogP contribution in [0.5, 0.6) is 0 Å². The van der Waals surface area contributed by atoms with Crippen LogP contribution in [0.25, 0.3) is 0 Å². The van der Waals surface area contributed by atoms with Crippen LogP contribution in [0.4, 0.5) is 0 Å². The first-order valence-corrected chi connectivity index (χ1v) is 13.4. The van der Waals surface area contributed by atoms with E-state index in [1.54, 1.807) is 0 Å². The molecule has 0 atom stereocenters. The molecular weight excluding hydrogens is 336 g/mol. The van der Waals surface area contributed by atoms with Crippen LogP contribution in [-0.2, 0) is 0 Å². The van der Waals surface area contributed by atoms with Crippen LogP contribution in [0.1, 0.15) is 168 Å². The summed E-state index contributed by atoms with van der Waals surface area (Å²) in [6.45, 7) is 4.59. The molecule has 0 unspecified atom stereocenters. The molecule has 0 aromatic heterocycles. The van der Waals surface area contributed by atoms with E-state index in [-0.39, 0.29) is 0 Å². The lowest BCUT2D eigenvalue weighted by Gasteiger charge is -2.02. The van der Waals surface area contributed by atoms with Crippen LogP contribution in [0, 0.1) is 11.8 Å². The first-order valence-electron chi connectivity index (χ1n) is 13.4. The van der Waals surface area contributed by atoms with Gasteiger partial charge in [0.1, 0.15) is 0 Å². The highest BCUT2D eigenvalue weighted by molar-refractivity contribution is 4.98. The molecule has 0 rings (SSSR count). The fourth-order valence-electron chi connectivity index (χ4n) is 3.93. The van der Waals surface area contributed by atoms with Crippen LogP contribution >= 0.6 is 0 Å². The van der Waals surface area contributed by atoms with E-state index in [1.165, 1.54) is 141 Å². The van der Waals surface area contributed by atoms with Crippen LogP contribution < -0.4 is 0 Å². The van der Waals surface area contributed by atoms with Crippen molar-refractivity contribution in [3.63, 3.8) is 0 Å². The Labute approximate surface area is 180 Å². The zero-order valence-corrected chi connectivity index (χ0v) is 20.0. The van der Waals surface area contributed by atoms with Crippen molar-refractivity contribution >= 4 is 0 Å². The molecule has 0 aliphatic carbocycles. The third-order valence-electron chi connectivity index (χ3n) is 5.94. The Kier molecular flexibility index (Phi) is 26.1. The van der Waals surface area contributed by atoms with Crippen LogP contribution in [0.3, 0.4) is 0 Å². The predicted molar refractivity (Wildman–Crippen MR) is 130 cm³/mol. The number of unbranched alkanes of at least 4 members (excludes halogenated alkanes) is 22. The van der Waals surface area contributed by atoms with Crippen molar-refractivity contribution in [1.82, 2.24) is 0 Å². The molecule has 0 heterocycles. The lowest BCUT2D eigenvalue weighted by atomic mass is 10.0. The SMILES string of the molecule is CCCCCCCCCCCC#CCCCCCCCCCCCCCCC. The highest BCUT2D eigenvalue weighted by atomic mass is 14.0. The molecule has 0 saturated heterocycles. The Bertz CT molecular complexity index is 319. The van der Waals surface area contributed by atoms with Gasteiger partial charge in [-0.2, -0.15) is 0 Å². The number of hydrogen-bond acceptors (Lipinski definition) is 0. The normalized spacial score (nSPS) is 10.8. The second-order valence-corrected chi connectivity index (χ2v) is 8.92. The van der Waals surface area contributed by atoms with Crippen LogP contribution in [0.2, 0.25) is 0 Å². The van der Waals surface area contributed by atoms with Crippen LogP contribution in [0.15, 0.2) is 0 Å². The predicted octanol–water partition coefficient (Wildman–Crippen LogP) is 10.4. The molecule has 0 nitrogen and oxygen atoms in total. The van der Waals surface area contributed by atoms with E-state index in [9.17, 15) is 0 Å². The fraction of sp³-hybridized carbons (Fsp3) is 0.929. The summed E-state index contributed by atoms with van der Waals surface area (Å²) in [6, 6.07) is 0. The van der Waals surface area contributed by atoms with Crippen molar-refractivity contribution in [2.24, 2.45) is 0 Å². The summed E-state index contributed by atoms with van der Waals surface area (Å²) in [4.78, 5) is 0. The van der Waals surface area contributed by atoms with Gasteiger partial charge in [-0.05, 0) is 12.8 Å². The molecule has 0 saturated carbocycles. The van der Waals surface area contributed by atoms with Crippen LogP contribution in [-0.4, -0.2) is 0 Å². The van der Waals surface area contributed by atoms with Crippen molar-refractivity contribution in [1.29, 1.82) is 0 Å². The summed E-state index contributed by atoms with van der Waals surface area (Å²) in [5.41, 5.74) is 0. The van der Waals surface area contributed by atoms with Gasteiger partial charge in [-0.1, -0.05) is 142 Å². The minimum absolute atomic E-state index is 1.13. The molecule has 0 fully saturated rings. The first kappa shape index (κ1) is 27.6. The largest absolute Gasteiger partial charge is 0.103 e. The van der Waals surface area contributed by atoms with Crippen molar-refractivity contribution in [2.45, 2.75) is 168 Å². The maximum atomic E-state index is 3.40. The molecule has 0 heteroatoms. The lowest BCUT2D eigenvalue weighted by molar-refractivity contribution is 0.540. The smallest absolute Gasteiger partial charge is 0.00886 e. The summed E-state index contributed by atoms with van der Waals surface area (Å²) in [5.74, 6) is 6.80. The van der Waals surface area contributed by atoms with Crippen molar-refractivity contribution < 1.29 is 0 Å². The molecule has 0 aromatic rings. The van der Waals surface area contributed by atoms with Crippen molar-refractivity contribution in [3.05, 3.63) is 0 Å². The summed E-state index contributed by atoms with van der Waals surface area (Å²) < 4.78 is 0. The lowest BCUT2D eigenvalue weighted by Crippen LogP contribution is -1.83. The average molecular weight is 391 g/mol. The Balaban J connectivity index is 3.08. The molecule has 0 aliphatic rings. The molecule has 0 bridgehead atoms. The van der Waals surface area contributed by atoms with Gasteiger partial charge >= 0.3 is 0 Å². The fourth-order valence-corrected chi connectivity index (χ4v) is 3.93. The van der Waals surface area contributed by atoms with Gasteiger partial charge in [-0.3, -0.25) is 0 Å². The Morgan fingerprint density at radius 3 is 0.750 bits per heavy atom. The third-order valence-corrected chi connectivity index (χ3v) is 5.94. The molecule has 0 N–H and O–H groups in total. The van der Waals surface area contributed by atoms with Crippen molar-refractivity contribution in [3.8, 4) is 11.8 Å². The maximum absolute atomic E-state index is 3.40. The van der Waals surface area contributed by atoms with E-state index in [0.29, 0.717) is 0 Å². The second kappa shape index (κ2) is 26.6. The average Bonchev–Trinajstić information content (AvgIpc) is 2.71. The molecule has 0 aliphatic heterocycles. The van der Waals surface area contributed by atoms with E-state index in [2.05, 4.69) is 25.7 Å². The van der Waals surface area contributed by atoms with E-state index in [1.807, 2.05) is 0 Å². The van der Waals surface area contributed by atoms with Crippen molar-refractivity contribution in [2.75, 3.05) is 0 Å². The zero-order valence-electron chi connectivity index (χ0n) is 20.0. The van der Waals surface area contributed by atoms with E-state index in [0.717, 1.165) is 12.8 Å². The van der Waals surface area contributed by atoms with Gasteiger partial charge in [0.2, 0.25) is 0 Å². The van der Waals surface area contributed by atoms with Gasteiger partial charge < -0.3 is 0 Å². The van der Waals surface area contributed by atoms with Gasteiger partial charge in [0.25, 0.3) is 0 Å². The number of rotatable bonds is 22. The van der Waals surface area contributed by atoms with Gasteiger partial charge in [-0.15, -0.1) is 11.8 Å². The zero-order chi connectivity index (χ0) is 20.4. The third kappa shape index (κ3) is 25.6. The highest BCUT2D eigenvalue weighted by Crippen LogP contribution is 2.13. The Morgan fingerprint density at radius 2 is 0.500 bits per heavy atom. The second-order valence-electron chi connectivity index (χ2n) is 8.92. The molecule has 0 amide bonds. The number of hydrogen-bond donors (Lipinski definition) is 0. The van der Waals surface area contributed by atoms with E-state index >= 15 is 0 Å². The quantitative estimate of drug-likeness (QED) is 0.127. The first-order chi connectivity index (χ1) is 13.9. The summed E-state index contributed by atoms with van der Waals surface area (Å²) in [5, 5.41) is 0. The highest BCUT2D eigenvalue weighted by Gasteiger charge is 1.94. The Hall–Kier alpha value is -0.440. The molecule has 0 radical (unpaired) electrons. The molecule has 0 spiro atoms. The van der Waals surface area contributed by atoms with Gasteiger partial charge in [0, 0.05) is 12.8 Å². The van der Waals surface area contributed by atoms with Gasteiger partial charge in [0.05, 0.1) is 0 Å². The summed E-state index contributed by atoms with van der Waals surface area (Å²) in [7, 11) is 0. The van der Waals surface area contributed by atoms with E-state index in [4.69, 9.17) is 0 Å². The van der Waals surface area contributed by atoms with E-state index < -0.39 is 0 Å². The molecule has 28 heavy (non-hydrogen) atoms. The molecule has 0 aromatic carbocycles. The Morgan fingerprint density at radius 1 is 0.286 bits per heavy atom. The standard InChI is InChI=1S/C28H54/c1-3-5-7-9-11-13-15-17-19-21-23-25-27-28-26-24-22-20-18-16-14-12-10-8-6-4-2/h3-23,25,27-28H2,1-2H3. The monoisotopic (exact) mass is 390 g/mol. The topological polar surface area (TPSA) is 0 Å². The van der Waals surface area contributed by atoms with Gasteiger partial charge in [-0.25, -0.2) is 0 Å². The maximum Gasteiger partial charge on any atom is 0.00886 e. The minimum Gasteiger partial charge on any atom is -0.103 e. The molecule has 166 valence electrons. The summed E-state index contributed by atoms with van der Waals surface area (Å²) >= 11 is 0. The summed E-state index contributed by atoms with van der Waals surface area (Å²) in [6.07, 6.45) is 33.6. The minimum atomic E-state index is 1.13. The van der Waals surface area contributed by atoms with Gasteiger partial charge in [0.15, 0.2) is 0 Å².